The van der Waals surface area contributed by atoms with Crippen LogP contribution in [0, 0.1) is 0 Å². The van der Waals surface area contributed by atoms with Gasteiger partial charge in [0.1, 0.15) is 0 Å². The van der Waals surface area contributed by atoms with Gasteiger partial charge in [-0.25, -0.2) is 0 Å². The average molecular weight is 804 g/mol. The Balaban J connectivity index is 0.933. The second-order valence-electron chi connectivity index (χ2n) is 16.9. The number of rotatable bonds is 6. The van der Waals surface area contributed by atoms with Crippen LogP contribution in [0.1, 0.15) is 11.5 Å². The standard InChI is InChI=1S/C60H41N3/c1-4-16-40(17-5-1)44-34-45(41-18-6-2-7-19-41)36-48(35-44)63-57-27-15-11-23-50(57)53-38-43(29-32-59(53)63)42-28-31-58-52(37-42)49-22-10-14-26-56(49)62(58)47-30-33-60-54(39-47)51-24-12-13-25-55(51)61(60)46-20-8-3-9-21-46/h1-39,50,57H. The van der Waals surface area contributed by atoms with Gasteiger partial charge in [-0.05, 0) is 124 Å². The zero-order valence-corrected chi connectivity index (χ0v) is 34.5. The van der Waals surface area contributed by atoms with Crippen LogP contribution in [-0.2, 0) is 0 Å². The first-order chi connectivity index (χ1) is 31.2. The molecular weight excluding hydrogens is 763 g/mol. The number of anilines is 2. The highest BCUT2D eigenvalue weighted by atomic mass is 15.2. The largest absolute Gasteiger partial charge is 0.333 e. The zero-order valence-electron chi connectivity index (χ0n) is 34.5. The van der Waals surface area contributed by atoms with E-state index in [0.717, 1.165) is 5.69 Å². The lowest BCUT2D eigenvalue weighted by atomic mass is 9.89. The van der Waals surface area contributed by atoms with Gasteiger partial charge in [-0.3, -0.25) is 0 Å². The average Bonchev–Trinajstić information content (AvgIpc) is 3.99. The van der Waals surface area contributed by atoms with Crippen molar-refractivity contribution in [2.75, 3.05) is 4.90 Å². The minimum Gasteiger partial charge on any atom is -0.333 e. The van der Waals surface area contributed by atoms with Gasteiger partial charge in [0, 0.05) is 50.2 Å². The number of hydrogen-bond donors (Lipinski definition) is 0. The van der Waals surface area contributed by atoms with Crippen LogP contribution in [0.2, 0.25) is 0 Å². The van der Waals surface area contributed by atoms with Gasteiger partial charge >= 0.3 is 0 Å². The van der Waals surface area contributed by atoms with Crippen molar-refractivity contribution >= 4 is 55.0 Å². The highest BCUT2D eigenvalue weighted by Crippen LogP contribution is 2.50. The Morgan fingerprint density at radius 3 is 1.51 bits per heavy atom. The Labute approximate surface area is 366 Å². The summed E-state index contributed by atoms with van der Waals surface area (Å²) in [5.41, 5.74) is 18.3. The number of allylic oxidation sites excluding steroid dienone is 2. The summed E-state index contributed by atoms with van der Waals surface area (Å²) in [4.78, 5) is 2.56. The third-order valence-electron chi connectivity index (χ3n) is 13.4. The molecule has 3 heteroatoms. The highest BCUT2D eigenvalue weighted by molar-refractivity contribution is 6.13. The number of nitrogens with zero attached hydrogens (tertiary/aromatic N) is 3. The van der Waals surface area contributed by atoms with Crippen LogP contribution < -0.4 is 4.90 Å². The monoisotopic (exact) mass is 803 g/mol. The van der Waals surface area contributed by atoms with Crippen molar-refractivity contribution < 1.29 is 0 Å². The minimum absolute atomic E-state index is 0.175. The van der Waals surface area contributed by atoms with Crippen molar-refractivity contribution in [3.63, 3.8) is 0 Å². The number of hydrogen-bond acceptors (Lipinski definition) is 1. The third-order valence-corrected chi connectivity index (χ3v) is 13.4. The maximum absolute atomic E-state index is 2.56. The second kappa shape index (κ2) is 14.2. The van der Waals surface area contributed by atoms with E-state index in [4.69, 9.17) is 0 Å². The lowest BCUT2D eigenvalue weighted by Gasteiger charge is -2.29. The molecule has 0 bridgehead atoms. The van der Waals surface area contributed by atoms with Gasteiger partial charge in [0.2, 0.25) is 0 Å². The van der Waals surface area contributed by atoms with E-state index in [1.54, 1.807) is 0 Å². The molecule has 63 heavy (non-hydrogen) atoms. The van der Waals surface area contributed by atoms with Crippen LogP contribution in [-0.4, -0.2) is 15.2 Å². The fourth-order valence-corrected chi connectivity index (χ4v) is 10.6. The van der Waals surface area contributed by atoms with Gasteiger partial charge in [-0.1, -0.05) is 152 Å². The SMILES string of the molecule is C1=CC2c3cc(-c4ccc5c(c4)c4ccccc4n5-c4ccc5c(c4)c4ccccc4n5-c4ccccc4)ccc3N(c3cc(-c4ccccc4)cc(-c4ccccc4)c3)C2C=C1. The topological polar surface area (TPSA) is 13.1 Å². The van der Waals surface area contributed by atoms with Gasteiger partial charge in [0.15, 0.2) is 0 Å². The number of fused-ring (bicyclic) bond motifs is 9. The molecule has 2 atom stereocenters. The predicted molar refractivity (Wildman–Crippen MR) is 265 cm³/mol. The van der Waals surface area contributed by atoms with Gasteiger partial charge in [-0.15, -0.1) is 0 Å². The Hall–Kier alpha value is -8.14. The molecule has 0 N–H and O–H groups in total. The molecule has 0 saturated heterocycles. The molecular formula is C60H41N3. The summed E-state index contributed by atoms with van der Waals surface area (Å²) < 4.78 is 4.83. The fraction of sp³-hybridized carbons (Fsp3) is 0.0333. The Morgan fingerprint density at radius 1 is 0.302 bits per heavy atom. The summed E-state index contributed by atoms with van der Waals surface area (Å²) >= 11 is 0. The summed E-state index contributed by atoms with van der Waals surface area (Å²) in [6.45, 7) is 0. The van der Waals surface area contributed by atoms with Crippen molar-refractivity contribution in [2.45, 2.75) is 12.0 Å². The van der Waals surface area contributed by atoms with E-state index in [2.05, 4.69) is 251 Å². The predicted octanol–water partition coefficient (Wildman–Crippen LogP) is 15.6. The number of para-hydroxylation sites is 3. The molecule has 0 saturated carbocycles. The third kappa shape index (κ3) is 5.67. The first-order valence-corrected chi connectivity index (χ1v) is 21.9. The first-order valence-electron chi connectivity index (χ1n) is 21.9. The Morgan fingerprint density at radius 2 is 0.825 bits per heavy atom. The van der Waals surface area contributed by atoms with E-state index in [1.165, 1.54) is 99.6 Å². The highest BCUT2D eigenvalue weighted by Gasteiger charge is 2.38. The van der Waals surface area contributed by atoms with E-state index < -0.39 is 0 Å². The van der Waals surface area contributed by atoms with Gasteiger partial charge in [0.05, 0.1) is 28.1 Å². The molecule has 296 valence electrons. The molecule has 1 aliphatic heterocycles. The number of aromatic nitrogens is 2. The van der Waals surface area contributed by atoms with Crippen LogP contribution in [0.5, 0.6) is 0 Å². The number of benzene rings is 9. The van der Waals surface area contributed by atoms with Crippen molar-refractivity contribution in [1.82, 2.24) is 9.13 Å². The van der Waals surface area contributed by atoms with Gasteiger partial charge < -0.3 is 14.0 Å². The lowest BCUT2D eigenvalue weighted by molar-refractivity contribution is 0.745. The van der Waals surface area contributed by atoms with E-state index in [1.807, 2.05) is 0 Å². The fourth-order valence-electron chi connectivity index (χ4n) is 10.6. The smallest absolute Gasteiger partial charge is 0.0629 e. The molecule has 3 nitrogen and oxygen atoms in total. The zero-order chi connectivity index (χ0) is 41.4. The molecule has 2 aliphatic rings. The van der Waals surface area contributed by atoms with Crippen LogP contribution in [0.3, 0.4) is 0 Å². The van der Waals surface area contributed by atoms with Crippen molar-refractivity contribution in [2.24, 2.45) is 0 Å². The normalized spacial score (nSPS) is 15.5. The maximum Gasteiger partial charge on any atom is 0.0629 e. The maximum atomic E-state index is 2.56. The van der Waals surface area contributed by atoms with Crippen LogP contribution in [0.15, 0.2) is 237 Å². The van der Waals surface area contributed by atoms with E-state index in [0.29, 0.717) is 0 Å². The van der Waals surface area contributed by atoms with Crippen LogP contribution in [0.25, 0.3) is 88.4 Å². The minimum atomic E-state index is 0.175. The Kier molecular flexibility index (Phi) is 8.04. The molecule has 2 aromatic heterocycles. The summed E-state index contributed by atoms with van der Waals surface area (Å²) in [6.07, 6.45) is 9.19. The summed E-state index contributed by atoms with van der Waals surface area (Å²) in [6, 6.07) is 78.2. The molecule has 13 rings (SSSR count). The lowest BCUT2D eigenvalue weighted by Crippen LogP contribution is -2.28. The van der Waals surface area contributed by atoms with Crippen LogP contribution in [0.4, 0.5) is 11.4 Å². The van der Waals surface area contributed by atoms with Gasteiger partial charge in [-0.2, -0.15) is 0 Å². The van der Waals surface area contributed by atoms with Crippen LogP contribution >= 0.6 is 0 Å². The van der Waals surface area contributed by atoms with Crippen molar-refractivity contribution in [1.29, 1.82) is 0 Å². The first kappa shape index (κ1) is 35.6. The Bertz CT molecular complexity index is 3570. The van der Waals surface area contributed by atoms with Gasteiger partial charge in [0.25, 0.3) is 0 Å². The summed E-state index contributed by atoms with van der Waals surface area (Å²) in [5.74, 6) is 0.235. The molecule has 11 aromatic rings. The van der Waals surface area contributed by atoms with Crippen molar-refractivity contribution in [3.05, 3.63) is 242 Å². The quantitative estimate of drug-likeness (QED) is 0.163. The second-order valence-corrected chi connectivity index (χ2v) is 16.9. The summed E-state index contributed by atoms with van der Waals surface area (Å²) in [7, 11) is 0. The molecule has 3 heterocycles. The molecule has 0 fully saturated rings. The molecule has 1 aliphatic carbocycles. The van der Waals surface area contributed by atoms with E-state index in [9.17, 15) is 0 Å². The molecule has 0 radical (unpaired) electrons. The summed E-state index contributed by atoms with van der Waals surface area (Å²) in [5, 5.41) is 5.00. The molecule has 0 amide bonds. The molecule has 0 spiro atoms. The van der Waals surface area contributed by atoms with Crippen molar-refractivity contribution in [3.8, 4) is 44.8 Å². The molecule has 2 unspecified atom stereocenters. The molecule has 9 aromatic carbocycles. The van der Waals surface area contributed by atoms with E-state index >= 15 is 0 Å². The van der Waals surface area contributed by atoms with E-state index in [-0.39, 0.29) is 12.0 Å².